The molecule has 2 aromatic carbocycles. The zero-order valence-electron chi connectivity index (χ0n) is 15.5. The molecule has 142 valence electrons. The SMILES string of the molecule is CCCN(CC)C(=O)Oc1c2cccc(-c3ccc(Cl)cc3Cl)c2nn1C. The van der Waals surface area contributed by atoms with E-state index in [4.69, 9.17) is 27.9 Å². The van der Waals surface area contributed by atoms with Crippen molar-refractivity contribution in [1.29, 1.82) is 0 Å². The fourth-order valence-corrected chi connectivity index (χ4v) is 3.55. The molecule has 0 saturated heterocycles. The van der Waals surface area contributed by atoms with Crippen LogP contribution in [0.3, 0.4) is 0 Å². The van der Waals surface area contributed by atoms with Crippen molar-refractivity contribution in [2.75, 3.05) is 13.1 Å². The van der Waals surface area contributed by atoms with Gasteiger partial charge in [0.15, 0.2) is 0 Å². The van der Waals surface area contributed by atoms with E-state index in [0.717, 1.165) is 22.9 Å². The summed E-state index contributed by atoms with van der Waals surface area (Å²) in [6.07, 6.45) is 0.494. The van der Waals surface area contributed by atoms with Crippen molar-refractivity contribution in [2.24, 2.45) is 7.05 Å². The molecule has 0 bridgehead atoms. The Hall–Kier alpha value is -2.24. The molecule has 7 heteroatoms. The van der Waals surface area contributed by atoms with Crippen molar-refractivity contribution in [3.8, 4) is 17.0 Å². The minimum Gasteiger partial charge on any atom is -0.391 e. The van der Waals surface area contributed by atoms with Crippen LogP contribution in [0.4, 0.5) is 4.79 Å². The van der Waals surface area contributed by atoms with E-state index in [9.17, 15) is 4.79 Å². The van der Waals surface area contributed by atoms with Gasteiger partial charge in [0.25, 0.3) is 0 Å². The van der Waals surface area contributed by atoms with Crippen molar-refractivity contribution in [3.05, 3.63) is 46.4 Å². The van der Waals surface area contributed by atoms with Gasteiger partial charge in [-0.1, -0.05) is 48.3 Å². The van der Waals surface area contributed by atoms with Crippen LogP contribution in [0, 0.1) is 0 Å². The van der Waals surface area contributed by atoms with Crippen molar-refractivity contribution >= 4 is 40.2 Å². The number of hydrogen-bond acceptors (Lipinski definition) is 3. The van der Waals surface area contributed by atoms with Crippen LogP contribution in [0.5, 0.6) is 5.88 Å². The van der Waals surface area contributed by atoms with Gasteiger partial charge in [0.1, 0.15) is 5.52 Å². The van der Waals surface area contributed by atoms with E-state index in [0.29, 0.717) is 34.5 Å². The van der Waals surface area contributed by atoms with Gasteiger partial charge in [0.2, 0.25) is 5.88 Å². The molecule has 0 fully saturated rings. The topological polar surface area (TPSA) is 47.4 Å². The van der Waals surface area contributed by atoms with Gasteiger partial charge >= 0.3 is 6.09 Å². The first-order valence-electron chi connectivity index (χ1n) is 8.84. The third-order valence-electron chi connectivity index (χ3n) is 4.35. The van der Waals surface area contributed by atoms with Crippen LogP contribution in [0.25, 0.3) is 22.0 Å². The summed E-state index contributed by atoms with van der Waals surface area (Å²) in [7, 11) is 1.76. The molecule has 0 N–H and O–H groups in total. The highest BCUT2D eigenvalue weighted by atomic mass is 35.5. The van der Waals surface area contributed by atoms with Crippen molar-refractivity contribution in [1.82, 2.24) is 14.7 Å². The van der Waals surface area contributed by atoms with Crippen LogP contribution in [0.1, 0.15) is 20.3 Å². The monoisotopic (exact) mass is 405 g/mol. The number of carbonyl (C=O) groups is 1. The second kappa shape index (κ2) is 8.19. The Morgan fingerprint density at radius 2 is 1.96 bits per heavy atom. The van der Waals surface area contributed by atoms with Crippen LogP contribution in [0.15, 0.2) is 36.4 Å². The zero-order valence-corrected chi connectivity index (χ0v) is 17.0. The Labute approximate surface area is 168 Å². The van der Waals surface area contributed by atoms with E-state index in [1.165, 1.54) is 0 Å². The molecule has 0 atom stereocenters. The number of amides is 1. The van der Waals surface area contributed by atoms with E-state index in [1.807, 2.05) is 38.1 Å². The van der Waals surface area contributed by atoms with E-state index in [1.54, 1.807) is 28.8 Å². The van der Waals surface area contributed by atoms with Gasteiger partial charge in [0, 0.05) is 41.3 Å². The Morgan fingerprint density at radius 3 is 2.63 bits per heavy atom. The van der Waals surface area contributed by atoms with Gasteiger partial charge in [-0.2, -0.15) is 5.10 Å². The van der Waals surface area contributed by atoms with E-state index in [-0.39, 0.29) is 6.09 Å². The molecule has 0 aliphatic carbocycles. The van der Waals surface area contributed by atoms with Crippen molar-refractivity contribution < 1.29 is 9.53 Å². The van der Waals surface area contributed by atoms with Crippen LogP contribution in [-0.2, 0) is 7.05 Å². The molecule has 0 unspecified atom stereocenters. The highest BCUT2D eigenvalue weighted by Crippen LogP contribution is 2.37. The minimum absolute atomic E-state index is 0.376. The van der Waals surface area contributed by atoms with Gasteiger partial charge in [-0.25, -0.2) is 9.48 Å². The predicted octanol–water partition coefficient (Wildman–Crippen LogP) is 5.78. The van der Waals surface area contributed by atoms with Crippen molar-refractivity contribution in [3.63, 3.8) is 0 Å². The molecule has 5 nitrogen and oxygen atoms in total. The molecule has 0 spiro atoms. The Balaban J connectivity index is 2.05. The standard InChI is InChI=1S/C20H21Cl2N3O2/c1-4-11-25(5-2)20(26)27-19-16-8-6-7-15(18(16)23-24(19)3)14-10-9-13(21)12-17(14)22/h6-10,12H,4-5,11H2,1-3H3. The summed E-state index contributed by atoms with van der Waals surface area (Å²) < 4.78 is 7.26. The smallest absolute Gasteiger partial charge is 0.391 e. The predicted molar refractivity (Wildman–Crippen MR) is 110 cm³/mol. The molecule has 1 amide bonds. The quantitative estimate of drug-likeness (QED) is 0.540. The normalized spacial score (nSPS) is 11.0. The summed E-state index contributed by atoms with van der Waals surface area (Å²) in [4.78, 5) is 14.2. The van der Waals surface area contributed by atoms with Gasteiger partial charge in [-0.3, -0.25) is 0 Å². The van der Waals surface area contributed by atoms with Gasteiger partial charge in [0.05, 0.1) is 5.39 Å². The Kier molecular flexibility index (Phi) is 5.92. The summed E-state index contributed by atoms with van der Waals surface area (Å²) in [5.74, 6) is 0.413. The number of aromatic nitrogens is 2. The van der Waals surface area contributed by atoms with E-state index >= 15 is 0 Å². The Morgan fingerprint density at radius 1 is 1.19 bits per heavy atom. The summed E-state index contributed by atoms with van der Waals surface area (Å²) >= 11 is 12.4. The maximum atomic E-state index is 12.5. The van der Waals surface area contributed by atoms with Crippen molar-refractivity contribution in [2.45, 2.75) is 20.3 Å². The van der Waals surface area contributed by atoms with Crippen LogP contribution >= 0.6 is 23.2 Å². The molecule has 0 radical (unpaired) electrons. The van der Waals surface area contributed by atoms with E-state index in [2.05, 4.69) is 5.10 Å². The highest BCUT2D eigenvalue weighted by Gasteiger charge is 2.20. The molecule has 0 aliphatic rings. The molecule has 0 aliphatic heterocycles. The number of hydrogen-bond donors (Lipinski definition) is 0. The lowest BCUT2D eigenvalue weighted by Crippen LogP contribution is -2.34. The average molecular weight is 406 g/mol. The average Bonchev–Trinajstić information content (AvgIpc) is 2.95. The largest absolute Gasteiger partial charge is 0.416 e. The molecular weight excluding hydrogens is 385 g/mol. The molecule has 3 aromatic rings. The number of halogens is 2. The molecule has 1 aromatic heterocycles. The fraction of sp³-hybridized carbons (Fsp3) is 0.300. The number of rotatable bonds is 5. The van der Waals surface area contributed by atoms with Gasteiger partial charge in [-0.15, -0.1) is 0 Å². The van der Waals surface area contributed by atoms with Crippen LogP contribution in [0.2, 0.25) is 10.0 Å². The number of benzene rings is 2. The number of nitrogens with zero attached hydrogens (tertiary/aromatic N) is 3. The number of fused-ring (bicyclic) bond motifs is 1. The summed E-state index contributed by atoms with van der Waals surface area (Å²) in [6, 6.07) is 11.1. The van der Waals surface area contributed by atoms with Crippen LogP contribution < -0.4 is 4.74 Å². The fourth-order valence-electron chi connectivity index (χ4n) is 3.04. The van der Waals surface area contributed by atoms with Crippen LogP contribution in [-0.4, -0.2) is 33.9 Å². The van der Waals surface area contributed by atoms with Gasteiger partial charge < -0.3 is 9.64 Å². The molecule has 0 saturated carbocycles. The molecular formula is C20H21Cl2N3O2. The number of aryl methyl sites for hydroxylation is 1. The maximum absolute atomic E-state index is 12.5. The lowest BCUT2D eigenvalue weighted by Gasteiger charge is -2.19. The zero-order chi connectivity index (χ0) is 19.6. The minimum atomic E-state index is -0.376. The lowest BCUT2D eigenvalue weighted by atomic mass is 10.0. The number of carbonyl (C=O) groups excluding carboxylic acids is 1. The first-order valence-corrected chi connectivity index (χ1v) is 9.59. The first-order chi connectivity index (χ1) is 13.0. The summed E-state index contributed by atoms with van der Waals surface area (Å²) in [6.45, 7) is 5.20. The van der Waals surface area contributed by atoms with Gasteiger partial charge in [-0.05, 0) is 31.5 Å². The second-order valence-electron chi connectivity index (χ2n) is 6.20. The summed E-state index contributed by atoms with van der Waals surface area (Å²) in [5.41, 5.74) is 2.39. The molecule has 3 rings (SSSR count). The maximum Gasteiger partial charge on any atom is 0.416 e. The molecule has 27 heavy (non-hydrogen) atoms. The third kappa shape index (κ3) is 3.89. The third-order valence-corrected chi connectivity index (χ3v) is 4.90. The Bertz CT molecular complexity index is 985. The second-order valence-corrected chi connectivity index (χ2v) is 7.05. The van der Waals surface area contributed by atoms with E-state index < -0.39 is 0 Å². The number of ether oxygens (including phenoxy) is 1. The molecule has 1 heterocycles. The first kappa shape index (κ1) is 19.5. The highest BCUT2D eigenvalue weighted by molar-refractivity contribution is 6.36. The lowest BCUT2D eigenvalue weighted by molar-refractivity contribution is 0.151. The summed E-state index contributed by atoms with van der Waals surface area (Å²) in [5, 5.41) is 6.43.